The minimum absolute atomic E-state index is 0.0902. The molecule has 6 heteroatoms. The topological polar surface area (TPSA) is 66.1 Å². The van der Waals surface area contributed by atoms with E-state index in [0.717, 1.165) is 31.5 Å². The number of aromatic amines is 1. The molecule has 3 rings (SSSR count). The first-order valence-electron chi connectivity index (χ1n) is 7.80. The first kappa shape index (κ1) is 15.8. The summed E-state index contributed by atoms with van der Waals surface area (Å²) in [6.07, 6.45) is 4.76. The van der Waals surface area contributed by atoms with E-state index >= 15 is 0 Å². The van der Waals surface area contributed by atoms with Crippen molar-refractivity contribution < 1.29 is 4.79 Å². The molecule has 1 aromatic carbocycles. The molecule has 0 saturated carbocycles. The summed E-state index contributed by atoms with van der Waals surface area (Å²) < 4.78 is 0. The number of piperidine rings is 1. The van der Waals surface area contributed by atoms with E-state index in [1.807, 2.05) is 35.2 Å². The first-order valence-corrected chi connectivity index (χ1v) is 8.68. The van der Waals surface area contributed by atoms with Crippen LogP contribution in [-0.4, -0.2) is 33.9 Å². The Kier molecular flexibility index (Phi) is 5.12. The smallest absolute Gasteiger partial charge is 0.251 e. The predicted octanol–water partition coefficient (Wildman–Crippen LogP) is 2.62. The molecule has 1 fully saturated rings. The molecule has 0 bridgehead atoms. The Labute approximate surface area is 139 Å². The zero-order valence-corrected chi connectivity index (χ0v) is 13.6. The van der Waals surface area contributed by atoms with Crippen LogP contribution in [0.3, 0.4) is 0 Å². The van der Waals surface area contributed by atoms with Crippen LogP contribution in [0.5, 0.6) is 0 Å². The van der Waals surface area contributed by atoms with Gasteiger partial charge in [-0.15, -0.1) is 0 Å². The molecule has 1 atom stereocenters. The van der Waals surface area contributed by atoms with E-state index in [9.17, 15) is 9.59 Å². The van der Waals surface area contributed by atoms with Crippen LogP contribution in [0.2, 0.25) is 0 Å². The molecule has 1 aromatic heterocycles. The lowest BCUT2D eigenvalue weighted by molar-refractivity contribution is -0.131. The molecule has 0 radical (unpaired) electrons. The Balaban J connectivity index is 1.87. The number of aromatic nitrogens is 2. The highest BCUT2D eigenvalue weighted by Crippen LogP contribution is 2.35. The second-order valence-corrected chi connectivity index (χ2v) is 6.63. The van der Waals surface area contributed by atoms with Crippen molar-refractivity contribution in [1.82, 2.24) is 14.9 Å². The average molecular weight is 329 g/mol. The molecule has 120 valence electrons. The second-order valence-electron chi connectivity index (χ2n) is 5.53. The average Bonchev–Trinajstić information content (AvgIpc) is 2.61. The van der Waals surface area contributed by atoms with E-state index < -0.39 is 0 Å². The molecule has 1 amide bonds. The lowest BCUT2D eigenvalue weighted by Crippen LogP contribution is -2.38. The van der Waals surface area contributed by atoms with E-state index in [-0.39, 0.29) is 16.7 Å². The van der Waals surface area contributed by atoms with Gasteiger partial charge in [-0.2, -0.15) is 0 Å². The molecular weight excluding hydrogens is 310 g/mol. The van der Waals surface area contributed by atoms with Gasteiger partial charge in [-0.3, -0.25) is 9.59 Å². The summed E-state index contributed by atoms with van der Waals surface area (Å²) in [7, 11) is 0. The molecule has 1 N–H and O–H groups in total. The molecule has 2 heterocycles. The van der Waals surface area contributed by atoms with Crippen molar-refractivity contribution in [3.63, 3.8) is 0 Å². The quantitative estimate of drug-likeness (QED) is 0.692. The zero-order chi connectivity index (χ0) is 16.1. The molecule has 23 heavy (non-hydrogen) atoms. The number of hydrogen-bond acceptors (Lipinski definition) is 4. The standard InChI is InChI=1S/C17H19N3O2S/c21-14-9-10-18-17(19-14)23-15(13-7-3-1-4-8-13)16(22)20-11-5-2-6-12-20/h1,3-4,7-10,15H,2,5-6,11-12H2,(H,18,19,21)/t15-/m1/s1. The number of rotatable bonds is 4. The van der Waals surface area contributed by atoms with Gasteiger partial charge in [-0.25, -0.2) is 4.98 Å². The van der Waals surface area contributed by atoms with E-state index in [4.69, 9.17) is 0 Å². The molecule has 0 spiro atoms. The molecular formula is C17H19N3O2S. The maximum absolute atomic E-state index is 13.0. The van der Waals surface area contributed by atoms with Gasteiger partial charge in [-0.05, 0) is 24.8 Å². The van der Waals surface area contributed by atoms with Crippen LogP contribution in [0, 0.1) is 0 Å². The summed E-state index contributed by atoms with van der Waals surface area (Å²) >= 11 is 1.30. The summed E-state index contributed by atoms with van der Waals surface area (Å²) in [4.78, 5) is 33.2. The highest BCUT2D eigenvalue weighted by atomic mass is 32.2. The van der Waals surface area contributed by atoms with Crippen LogP contribution in [0.15, 0.2) is 52.5 Å². The molecule has 0 aliphatic carbocycles. The summed E-state index contributed by atoms with van der Waals surface area (Å²) in [5, 5.41) is 0.0802. The zero-order valence-electron chi connectivity index (χ0n) is 12.8. The highest BCUT2D eigenvalue weighted by molar-refractivity contribution is 8.00. The van der Waals surface area contributed by atoms with Crippen LogP contribution in [0.1, 0.15) is 30.1 Å². The number of nitrogens with zero attached hydrogens (tertiary/aromatic N) is 2. The van der Waals surface area contributed by atoms with E-state index in [1.54, 1.807) is 0 Å². The molecule has 1 aliphatic rings. The number of amides is 1. The predicted molar refractivity (Wildman–Crippen MR) is 90.3 cm³/mol. The number of likely N-dealkylation sites (tertiary alicyclic amines) is 1. The maximum Gasteiger partial charge on any atom is 0.251 e. The highest BCUT2D eigenvalue weighted by Gasteiger charge is 2.28. The minimum Gasteiger partial charge on any atom is -0.341 e. The summed E-state index contributed by atoms with van der Waals surface area (Å²) in [5.41, 5.74) is 0.722. The van der Waals surface area contributed by atoms with Crippen molar-refractivity contribution in [3.05, 3.63) is 58.5 Å². The molecule has 2 aromatic rings. The van der Waals surface area contributed by atoms with Gasteiger partial charge < -0.3 is 9.88 Å². The van der Waals surface area contributed by atoms with E-state index in [1.165, 1.54) is 30.4 Å². The Morgan fingerprint density at radius 1 is 1.13 bits per heavy atom. The Morgan fingerprint density at radius 2 is 1.87 bits per heavy atom. The van der Waals surface area contributed by atoms with Crippen molar-refractivity contribution >= 4 is 17.7 Å². The van der Waals surface area contributed by atoms with Gasteiger partial charge in [0.15, 0.2) is 5.16 Å². The van der Waals surface area contributed by atoms with Gasteiger partial charge in [0.1, 0.15) is 5.25 Å². The number of benzene rings is 1. The van der Waals surface area contributed by atoms with Crippen LogP contribution in [0.25, 0.3) is 0 Å². The van der Waals surface area contributed by atoms with Gasteiger partial charge in [-0.1, -0.05) is 42.1 Å². The van der Waals surface area contributed by atoms with Crippen LogP contribution in [0.4, 0.5) is 0 Å². The molecule has 0 unspecified atom stereocenters. The number of thioether (sulfide) groups is 1. The number of carbonyl (C=O) groups excluding carboxylic acids is 1. The molecule has 5 nitrogen and oxygen atoms in total. The Bertz CT molecular complexity index is 711. The molecule has 1 saturated heterocycles. The first-order chi connectivity index (χ1) is 11.2. The number of nitrogens with one attached hydrogen (secondary N) is 1. The van der Waals surface area contributed by atoms with Crippen molar-refractivity contribution in [1.29, 1.82) is 0 Å². The minimum atomic E-state index is -0.389. The third-order valence-corrected chi connectivity index (χ3v) is 5.01. The van der Waals surface area contributed by atoms with Gasteiger partial charge >= 0.3 is 0 Å². The van der Waals surface area contributed by atoms with Gasteiger partial charge in [0.25, 0.3) is 5.56 Å². The van der Waals surface area contributed by atoms with Crippen molar-refractivity contribution in [2.75, 3.05) is 13.1 Å². The number of H-pyrrole nitrogens is 1. The summed E-state index contributed by atoms with van der Waals surface area (Å²) in [5.74, 6) is 0.0902. The van der Waals surface area contributed by atoms with Crippen molar-refractivity contribution in [2.45, 2.75) is 29.7 Å². The van der Waals surface area contributed by atoms with Crippen LogP contribution >= 0.6 is 11.8 Å². The Morgan fingerprint density at radius 3 is 2.57 bits per heavy atom. The van der Waals surface area contributed by atoms with Crippen LogP contribution < -0.4 is 5.56 Å². The maximum atomic E-state index is 13.0. The number of hydrogen-bond donors (Lipinski definition) is 1. The van der Waals surface area contributed by atoms with Gasteiger partial charge in [0, 0.05) is 25.4 Å². The largest absolute Gasteiger partial charge is 0.341 e. The lowest BCUT2D eigenvalue weighted by atomic mass is 10.1. The summed E-state index contributed by atoms with van der Waals surface area (Å²) in [6.45, 7) is 1.61. The third-order valence-electron chi connectivity index (χ3n) is 3.87. The SMILES string of the molecule is O=C([C@H](Sc1nccc(=O)[nH]1)c1ccccc1)N1CCCCC1. The fourth-order valence-corrected chi connectivity index (χ4v) is 3.74. The van der Waals surface area contributed by atoms with Crippen molar-refractivity contribution in [3.8, 4) is 0 Å². The Hall–Kier alpha value is -2.08. The fraction of sp³-hybridized carbons (Fsp3) is 0.353. The molecule has 1 aliphatic heterocycles. The third kappa shape index (κ3) is 4.01. The van der Waals surface area contributed by atoms with E-state index in [2.05, 4.69) is 9.97 Å². The lowest BCUT2D eigenvalue weighted by Gasteiger charge is -2.30. The van der Waals surface area contributed by atoms with Gasteiger partial charge in [0.05, 0.1) is 0 Å². The van der Waals surface area contributed by atoms with Crippen molar-refractivity contribution in [2.24, 2.45) is 0 Å². The van der Waals surface area contributed by atoms with Gasteiger partial charge in [0.2, 0.25) is 5.91 Å². The van der Waals surface area contributed by atoms with E-state index in [0.29, 0.717) is 5.16 Å². The fourth-order valence-electron chi connectivity index (χ4n) is 2.69. The summed E-state index contributed by atoms with van der Waals surface area (Å²) in [6, 6.07) is 11.0. The second kappa shape index (κ2) is 7.46. The monoisotopic (exact) mass is 329 g/mol. The normalized spacial score (nSPS) is 16.1. The number of carbonyl (C=O) groups is 1. The van der Waals surface area contributed by atoms with Crippen LogP contribution in [-0.2, 0) is 4.79 Å².